The third-order valence-corrected chi connectivity index (χ3v) is 2.52. The maximum atomic E-state index is 11.5. The summed E-state index contributed by atoms with van der Waals surface area (Å²) in [5.74, 6) is 0.363. The van der Waals surface area contributed by atoms with Crippen molar-refractivity contribution < 1.29 is 9.36 Å². The highest BCUT2D eigenvalue weighted by Crippen LogP contribution is 1.99. The zero-order chi connectivity index (χ0) is 12.6. The van der Waals surface area contributed by atoms with Gasteiger partial charge in [0.05, 0.1) is 0 Å². The van der Waals surface area contributed by atoms with Gasteiger partial charge < -0.3 is 0 Å². The van der Waals surface area contributed by atoms with Crippen LogP contribution in [0.1, 0.15) is 19.3 Å². The van der Waals surface area contributed by atoms with Crippen LogP contribution >= 0.6 is 0 Å². The van der Waals surface area contributed by atoms with E-state index < -0.39 is 0 Å². The van der Waals surface area contributed by atoms with Crippen molar-refractivity contribution in [1.29, 1.82) is 0 Å². The number of unbranched alkanes of at least 4 members (excludes halogenated alkanes) is 1. The zero-order valence-corrected chi connectivity index (χ0v) is 10.0. The number of anilines is 1. The number of hydrogen-bond acceptors (Lipinski definition) is 3. The van der Waals surface area contributed by atoms with Gasteiger partial charge in [-0.2, -0.15) is 10.1 Å². The fourth-order valence-electron chi connectivity index (χ4n) is 1.62. The summed E-state index contributed by atoms with van der Waals surface area (Å²) >= 11 is 0. The van der Waals surface area contributed by atoms with E-state index in [9.17, 15) is 4.79 Å². The molecule has 0 aliphatic carbocycles. The van der Waals surface area contributed by atoms with Gasteiger partial charge in [0.15, 0.2) is 12.4 Å². The molecule has 0 aliphatic heterocycles. The van der Waals surface area contributed by atoms with Crippen molar-refractivity contribution in [3.05, 3.63) is 36.9 Å². The number of carbonyl (C=O) groups excluding carboxylic acids is 1. The van der Waals surface area contributed by atoms with Gasteiger partial charge in [-0.1, -0.05) is 6.07 Å². The van der Waals surface area contributed by atoms with E-state index >= 15 is 0 Å². The molecule has 0 saturated carbocycles. The molecule has 2 aromatic rings. The van der Waals surface area contributed by atoms with Crippen molar-refractivity contribution in [3.63, 3.8) is 0 Å². The summed E-state index contributed by atoms with van der Waals surface area (Å²) in [4.78, 5) is 15.3. The van der Waals surface area contributed by atoms with Crippen LogP contribution in [0.2, 0.25) is 0 Å². The van der Waals surface area contributed by atoms with Crippen molar-refractivity contribution in [1.82, 2.24) is 15.2 Å². The van der Waals surface area contributed by atoms with Crippen molar-refractivity contribution in [2.75, 3.05) is 5.32 Å². The number of pyridine rings is 1. The van der Waals surface area contributed by atoms with Crippen LogP contribution in [-0.4, -0.2) is 21.1 Å². The standard InChI is InChI=1S/C12H15N5O/c18-11(15-12-13-10-14-16-12)6-2-5-9-17-7-3-1-4-8-17/h1,3-4,7-8,10H,2,5-6,9H2,(H-,13,14,15,16,18)/p+1. The number of amides is 1. The van der Waals surface area contributed by atoms with Crippen LogP contribution in [0, 0.1) is 0 Å². The lowest BCUT2D eigenvalue weighted by Crippen LogP contribution is -2.32. The van der Waals surface area contributed by atoms with Crippen molar-refractivity contribution in [3.8, 4) is 0 Å². The van der Waals surface area contributed by atoms with Crippen molar-refractivity contribution in [2.45, 2.75) is 25.8 Å². The largest absolute Gasteiger partial charge is 0.295 e. The number of hydrogen-bond donors (Lipinski definition) is 2. The van der Waals surface area contributed by atoms with E-state index in [2.05, 4.69) is 25.1 Å². The lowest BCUT2D eigenvalue weighted by Gasteiger charge is -2.00. The Balaban J connectivity index is 1.62. The maximum Gasteiger partial charge on any atom is 0.226 e. The van der Waals surface area contributed by atoms with E-state index in [1.54, 1.807) is 0 Å². The number of aromatic amines is 1. The molecule has 0 spiro atoms. The van der Waals surface area contributed by atoms with Crippen LogP contribution in [0.4, 0.5) is 5.95 Å². The Bertz CT molecular complexity index is 468. The molecule has 2 heterocycles. The molecule has 94 valence electrons. The minimum Gasteiger partial charge on any atom is -0.295 e. The van der Waals surface area contributed by atoms with Gasteiger partial charge in [0.25, 0.3) is 0 Å². The second kappa shape index (κ2) is 6.48. The summed E-state index contributed by atoms with van der Waals surface area (Å²) in [6.45, 7) is 0.927. The second-order valence-electron chi connectivity index (χ2n) is 3.95. The summed E-state index contributed by atoms with van der Waals surface area (Å²) in [6, 6.07) is 5.98. The molecular formula is C12H16N5O+. The third kappa shape index (κ3) is 3.97. The first kappa shape index (κ1) is 12.2. The molecule has 0 fully saturated rings. The molecule has 1 amide bonds. The number of rotatable bonds is 6. The van der Waals surface area contributed by atoms with Gasteiger partial charge in [-0.3, -0.25) is 10.1 Å². The smallest absolute Gasteiger partial charge is 0.226 e. The highest BCUT2D eigenvalue weighted by atomic mass is 16.1. The van der Waals surface area contributed by atoms with Crippen LogP contribution in [-0.2, 0) is 11.3 Å². The van der Waals surface area contributed by atoms with Crippen molar-refractivity contribution >= 4 is 11.9 Å². The van der Waals surface area contributed by atoms with Gasteiger partial charge in [-0.05, 0) is 6.42 Å². The van der Waals surface area contributed by atoms with Gasteiger partial charge >= 0.3 is 0 Å². The van der Waals surface area contributed by atoms with Crippen LogP contribution < -0.4 is 9.88 Å². The van der Waals surface area contributed by atoms with E-state index in [0.717, 1.165) is 19.4 Å². The van der Waals surface area contributed by atoms with E-state index in [1.807, 2.05) is 30.6 Å². The maximum absolute atomic E-state index is 11.5. The van der Waals surface area contributed by atoms with Gasteiger partial charge in [-0.25, -0.2) is 9.67 Å². The first-order chi connectivity index (χ1) is 8.84. The van der Waals surface area contributed by atoms with Crippen molar-refractivity contribution in [2.24, 2.45) is 0 Å². The Morgan fingerprint density at radius 2 is 2.11 bits per heavy atom. The fourth-order valence-corrected chi connectivity index (χ4v) is 1.62. The Kier molecular flexibility index (Phi) is 4.40. The van der Waals surface area contributed by atoms with Gasteiger partial charge in [0.2, 0.25) is 11.9 Å². The number of nitrogens with zero attached hydrogens (tertiary/aromatic N) is 3. The Hall–Kier alpha value is -2.24. The number of aryl methyl sites for hydroxylation is 1. The number of aromatic nitrogens is 4. The molecule has 0 unspecified atom stereocenters. The zero-order valence-electron chi connectivity index (χ0n) is 10.0. The molecule has 0 bridgehead atoms. The molecule has 2 aromatic heterocycles. The van der Waals surface area contributed by atoms with Gasteiger partial charge in [-0.15, -0.1) is 0 Å². The van der Waals surface area contributed by atoms with Crippen LogP contribution in [0.3, 0.4) is 0 Å². The molecule has 0 atom stereocenters. The van der Waals surface area contributed by atoms with Gasteiger partial charge in [0.1, 0.15) is 12.9 Å². The summed E-state index contributed by atoms with van der Waals surface area (Å²) in [7, 11) is 0. The number of nitrogens with one attached hydrogen (secondary N) is 2. The third-order valence-electron chi connectivity index (χ3n) is 2.52. The Morgan fingerprint density at radius 1 is 1.28 bits per heavy atom. The molecule has 0 radical (unpaired) electrons. The predicted octanol–water partition coefficient (Wildman–Crippen LogP) is 0.901. The molecule has 0 aliphatic rings. The monoisotopic (exact) mass is 246 g/mol. The van der Waals surface area contributed by atoms with Crippen LogP contribution in [0.25, 0.3) is 0 Å². The van der Waals surface area contributed by atoms with Crippen LogP contribution in [0.5, 0.6) is 0 Å². The van der Waals surface area contributed by atoms with Crippen LogP contribution in [0.15, 0.2) is 36.9 Å². The first-order valence-electron chi connectivity index (χ1n) is 5.94. The van der Waals surface area contributed by atoms with E-state index in [-0.39, 0.29) is 5.91 Å². The number of H-pyrrole nitrogens is 1. The van der Waals surface area contributed by atoms with Gasteiger partial charge in [0, 0.05) is 25.0 Å². The molecule has 0 saturated heterocycles. The summed E-state index contributed by atoms with van der Waals surface area (Å²) in [6.07, 6.45) is 7.72. The minimum atomic E-state index is -0.0372. The second-order valence-corrected chi connectivity index (χ2v) is 3.95. The molecule has 6 heteroatoms. The molecule has 18 heavy (non-hydrogen) atoms. The van der Waals surface area contributed by atoms with E-state index in [0.29, 0.717) is 12.4 Å². The lowest BCUT2D eigenvalue weighted by atomic mass is 10.2. The Morgan fingerprint density at radius 3 is 2.83 bits per heavy atom. The molecule has 2 N–H and O–H groups in total. The van der Waals surface area contributed by atoms with E-state index in [4.69, 9.17) is 0 Å². The predicted molar refractivity (Wildman–Crippen MR) is 65.5 cm³/mol. The lowest BCUT2D eigenvalue weighted by molar-refractivity contribution is -0.697. The highest BCUT2D eigenvalue weighted by molar-refractivity contribution is 5.88. The average Bonchev–Trinajstić information content (AvgIpc) is 2.89. The van der Waals surface area contributed by atoms with E-state index in [1.165, 1.54) is 6.33 Å². The summed E-state index contributed by atoms with van der Waals surface area (Å²) < 4.78 is 2.11. The topological polar surface area (TPSA) is 74.5 Å². The normalized spacial score (nSPS) is 10.2. The first-order valence-corrected chi connectivity index (χ1v) is 5.94. The average molecular weight is 246 g/mol. The molecule has 0 aromatic carbocycles. The molecular weight excluding hydrogens is 230 g/mol. The Labute approximate surface area is 105 Å². The highest BCUT2D eigenvalue weighted by Gasteiger charge is 2.05. The quantitative estimate of drug-likeness (QED) is 0.587. The SMILES string of the molecule is O=C(CCCC[n+]1ccccc1)Nc1ncn[nH]1. The fraction of sp³-hybridized carbons (Fsp3) is 0.333. The number of carbonyl (C=O) groups is 1. The summed E-state index contributed by atoms with van der Waals surface area (Å²) in [5, 5.41) is 8.89. The summed E-state index contributed by atoms with van der Waals surface area (Å²) in [5.41, 5.74) is 0. The minimum absolute atomic E-state index is 0.0372. The molecule has 2 rings (SSSR count). The molecule has 6 nitrogen and oxygen atoms in total.